The third kappa shape index (κ3) is 4.44. The highest BCUT2D eigenvalue weighted by Gasteiger charge is 2.06. The van der Waals surface area contributed by atoms with Crippen LogP contribution >= 0.6 is 12.4 Å². The smallest absolute Gasteiger partial charge is 0.129 e. The van der Waals surface area contributed by atoms with E-state index in [-0.39, 0.29) is 12.4 Å². The first kappa shape index (κ1) is 16.9. The predicted octanol–water partition coefficient (Wildman–Crippen LogP) is 2.99. The van der Waals surface area contributed by atoms with E-state index in [0.29, 0.717) is 6.61 Å². The predicted molar refractivity (Wildman–Crippen MR) is 85.4 cm³/mol. The SMILES string of the molecule is COc1ccc(COc2ccc(NN)cc2)c(OC)c1.Cl. The van der Waals surface area contributed by atoms with Gasteiger partial charge in [-0.2, -0.15) is 0 Å². The van der Waals surface area contributed by atoms with Crippen LogP contribution in [0.2, 0.25) is 0 Å². The van der Waals surface area contributed by atoms with Crippen molar-refractivity contribution in [2.75, 3.05) is 19.6 Å². The van der Waals surface area contributed by atoms with E-state index in [1.165, 1.54) is 0 Å². The molecular formula is C15H19ClN2O3. The fraction of sp³-hybridized carbons (Fsp3) is 0.200. The Hall–Kier alpha value is -2.11. The first-order chi connectivity index (χ1) is 9.76. The lowest BCUT2D eigenvalue weighted by atomic mass is 10.2. The number of halogens is 1. The van der Waals surface area contributed by atoms with E-state index >= 15 is 0 Å². The summed E-state index contributed by atoms with van der Waals surface area (Å²) in [4.78, 5) is 0. The number of hydrazine groups is 1. The van der Waals surface area contributed by atoms with Crippen molar-refractivity contribution in [3.63, 3.8) is 0 Å². The van der Waals surface area contributed by atoms with Gasteiger partial charge in [0.15, 0.2) is 0 Å². The van der Waals surface area contributed by atoms with Crippen LogP contribution in [0.3, 0.4) is 0 Å². The molecule has 2 aromatic rings. The Morgan fingerprint density at radius 2 is 1.62 bits per heavy atom. The maximum Gasteiger partial charge on any atom is 0.129 e. The van der Waals surface area contributed by atoms with Gasteiger partial charge in [0.25, 0.3) is 0 Å². The van der Waals surface area contributed by atoms with Gasteiger partial charge in [-0.25, -0.2) is 0 Å². The van der Waals surface area contributed by atoms with E-state index in [9.17, 15) is 0 Å². The Labute approximate surface area is 130 Å². The van der Waals surface area contributed by atoms with Crippen LogP contribution in [0.4, 0.5) is 5.69 Å². The van der Waals surface area contributed by atoms with Gasteiger partial charge in [0.2, 0.25) is 0 Å². The Kier molecular flexibility index (Phi) is 6.65. The van der Waals surface area contributed by atoms with Crippen LogP contribution in [0.5, 0.6) is 17.2 Å². The Morgan fingerprint density at radius 3 is 2.19 bits per heavy atom. The molecule has 21 heavy (non-hydrogen) atoms. The lowest BCUT2D eigenvalue weighted by molar-refractivity contribution is 0.296. The molecule has 0 unspecified atom stereocenters. The van der Waals surface area contributed by atoms with Gasteiger partial charge in [0, 0.05) is 17.3 Å². The molecule has 0 atom stereocenters. The maximum atomic E-state index is 5.72. The zero-order chi connectivity index (χ0) is 14.4. The second-order valence-electron chi connectivity index (χ2n) is 4.14. The molecule has 0 aliphatic carbocycles. The molecule has 0 spiro atoms. The highest BCUT2D eigenvalue weighted by Crippen LogP contribution is 2.26. The van der Waals surface area contributed by atoms with E-state index in [2.05, 4.69) is 5.43 Å². The number of anilines is 1. The lowest BCUT2D eigenvalue weighted by Gasteiger charge is -2.12. The summed E-state index contributed by atoms with van der Waals surface area (Å²) in [7, 11) is 3.25. The van der Waals surface area contributed by atoms with Crippen molar-refractivity contribution in [1.29, 1.82) is 0 Å². The molecule has 0 aromatic heterocycles. The van der Waals surface area contributed by atoms with E-state index in [0.717, 1.165) is 28.5 Å². The van der Waals surface area contributed by atoms with E-state index in [1.54, 1.807) is 14.2 Å². The molecule has 2 rings (SSSR count). The van der Waals surface area contributed by atoms with Crippen LogP contribution in [-0.2, 0) is 6.61 Å². The van der Waals surface area contributed by atoms with Gasteiger partial charge in [0.05, 0.1) is 14.2 Å². The summed E-state index contributed by atoms with van der Waals surface area (Å²) in [5, 5.41) is 0. The summed E-state index contributed by atoms with van der Waals surface area (Å²) < 4.78 is 16.2. The van der Waals surface area contributed by atoms with Gasteiger partial charge in [-0.3, -0.25) is 5.84 Å². The minimum Gasteiger partial charge on any atom is -0.497 e. The fourth-order valence-electron chi connectivity index (χ4n) is 1.78. The number of rotatable bonds is 6. The number of nitrogen functional groups attached to an aromatic ring is 1. The number of hydrogen-bond acceptors (Lipinski definition) is 5. The standard InChI is InChI=1S/C15H18N2O3.ClH/c1-18-14-6-3-11(15(9-14)19-2)10-20-13-7-4-12(17-16)5-8-13;/h3-9,17H,10,16H2,1-2H3;1H. The third-order valence-electron chi connectivity index (χ3n) is 2.91. The molecule has 0 amide bonds. The molecule has 0 saturated heterocycles. The van der Waals surface area contributed by atoms with Gasteiger partial charge in [-0.15, -0.1) is 12.4 Å². The molecule has 0 heterocycles. The number of benzene rings is 2. The minimum atomic E-state index is 0. The van der Waals surface area contributed by atoms with Crippen LogP contribution in [0.15, 0.2) is 42.5 Å². The topological polar surface area (TPSA) is 65.7 Å². The number of nitrogens with one attached hydrogen (secondary N) is 1. The first-order valence-corrected chi connectivity index (χ1v) is 6.17. The summed E-state index contributed by atoms with van der Waals surface area (Å²) in [5.74, 6) is 7.57. The number of ether oxygens (including phenoxy) is 3. The van der Waals surface area contributed by atoms with Gasteiger partial charge in [-0.05, 0) is 36.4 Å². The van der Waals surface area contributed by atoms with Gasteiger partial charge in [0.1, 0.15) is 23.9 Å². The van der Waals surface area contributed by atoms with Crippen molar-refractivity contribution in [2.24, 2.45) is 5.84 Å². The van der Waals surface area contributed by atoms with E-state index < -0.39 is 0 Å². The largest absolute Gasteiger partial charge is 0.497 e. The summed E-state index contributed by atoms with van der Waals surface area (Å²) in [6.45, 7) is 0.419. The lowest BCUT2D eigenvalue weighted by Crippen LogP contribution is -2.06. The highest BCUT2D eigenvalue weighted by atomic mass is 35.5. The van der Waals surface area contributed by atoms with Crippen molar-refractivity contribution in [3.8, 4) is 17.2 Å². The number of methoxy groups -OCH3 is 2. The molecule has 0 radical (unpaired) electrons. The van der Waals surface area contributed by atoms with Crippen LogP contribution in [-0.4, -0.2) is 14.2 Å². The van der Waals surface area contributed by atoms with Crippen molar-refractivity contribution in [2.45, 2.75) is 6.61 Å². The average molecular weight is 311 g/mol. The highest BCUT2D eigenvalue weighted by molar-refractivity contribution is 5.85. The van der Waals surface area contributed by atoms with Crippen LogP contribution in [0.1, 0.15) is 5.56 Å². The first-order valence-electron chi connectivity index (χ1n) is 6.17. The van der Waals surface area contributed by atoms with Crippen molar-refractivity contribution >= 4 is 18.1 Å². The maximum absolute atomic E-state index is 5.72. The Morgan fingerprint density at radius 1 is 0.952 bits per heavy atom. The van der Waals surface area contributed by atoms with Crippen molar-refractivity contribution < 1.29 is 14.2 Å². The number of nitrogens with two attached hydrogens (primary N) is 1. The monoisotopic (exact) mass is 310 g/mol. The summed E-state index contributed by atoms with van der Waals surface area (Å²) in [5.41, 5.74) is 4.36. The molecule has 2 aromatic carbocycles. The van der Waals surface area contributed by atoms with Crippen LogP contribution in [0, 0.1) is 0 Å². The molecule has 114 valence electrons. The zero-order valence-electron chi connectivity index (χ0n) is 12.0. The molecule has 0 fully saturated rings. The summed E-state index contributed by atoms with van der Waals surface area (Å²) in [6.07, 6.45) is 0. The van der Waals surface area contributed by atoms with E-state index in [1.807, 2.05) is 42.5 Å². The zero-order valence-corrected chi connectivity index (χ0v) is 12.8. The van der Waals surface area contributed by atoms with Gasteiger partial charge >= 0.3 is 0 Å². The van der Waals surface area contributed by atoms with E-state index in [4.69, 9.17) is 20.1 Å². The Bertz CT molecular complexity index is 561. The van der Waals surface area contributed by atoms with Crippen LogP contribution < -0.4 is 25.5 Å². The summed E-state index contributed by atoms with van der Waals surface area (Å²) in [6, 6.07) is 13.0. The van der Waals surface area contributed by atoms with Crippen molar-refractivity contribution in [1.82, 2.24) is 0 Å². The van der Waals surface area contributed by atoms with Gasteiger partial charge in [-0.1, -0.05) is 0 Å². The molecular weight excluding hydrogens is 292 g/mol. The average Bonchev–Trinajstić information content (AvgIpc) is 2.53. The Balaban J connectivity index is 0.00000220. The second kappa shape index (κ2) is 8.24. The molecule has 5 nitrogen and oxygen atoms in total. The van der Waals surface area contributed by atoms with Crippen molar-refractivity contribution in [3.05, 3.63) is 48.0 Å². The third-order valence-corrected chi connectivity index (χ3v) is 2.91. The molecule has 0 aliphatic rings. The second-order valence-corrected chi connectivity index (χ2v) is 4.14. The summed E-state index contributed by atoms with van der Waals surface area (Å²) >= 11 is 0. The number of hydrogen-bond donors (Lipinski definition) is 2. The molecule has 0 bridgehead atoms. The molecule has 0 aliphatic heterocycles. The fourth-order valence-corrected chi connectivity index (χ4v) is 1.78. The minimum absolute atomic E-state index is 0. The molecule has 6 heteroatoms. The van der Waals surface area contributed by atoms with Crippen LogP contribution in [0.25, 0.3) is 0 Å². The molecule has 0 saturated carbocycles. The molecule has 3 N–H and O–H groups in total. The quantitative estimate of drug-likeness (QED) is 0.634. The van der Waals surface area contributed by atoms with Gasteiger partial charge < -0.3 is 19.6 Å². The normalized spacial score (nSPS) is 9.48.